The van der Waals surface area contributed by atoms with E-state index in [9.17, 15) is 4.79 Å². The Bertz CT molecular complexity index is 195. The van der Waals surface area contributed by atoms with E-state index in [1.54, 1.807) is 4.90 Å². The van der Waals surface area contributed by atoms with E-state index in [4.69, 9.17) is 10.5 Å². The monoisotopic (exact) mass is 200 g/mol. The molecule has 2 N–H and O–H groups in total. The fraction of sp³-hybridized carbons (Fsp3) is 0.900. The molecule has 0 unspecified atom stereocenters. The predicted molar refractivity (Wildman–Crippen MR) is 55.0 cm³/mol. The van der Waals surface area contributed by atoms with E-state index in [-0.39, 0.29) is 12.1 Å². The third-order valence-electron chi connectivity index (χ3n) is 2.73. The number of amides is 1. The highest BCUT2D eigenvalue weighted by molar-refractivity contribution is 5.67. The average molecular weight is 200 g/mol. The van der Waals surface area contributed by atoms with Crippen LogP contribution in [0.1, 0.15) is 26.7 Å². The van der Waals surface area contributed by atoms with Crippen molar-refractivity contribution < 1.29 is 9.53 Å². The van der Waals surface area contributed by atoms with Crippen LogP contribution in [0.4, 0.5) is 4.79 Å². The van der Waals surface area contributed by atoms with Crippen LogP contribution in [0.15, 0.2) is 0 Å². The molecule has 1 aliphatic heterocycles. The number of hydrogen-bond donors (Lipinski definition) is 1. The first-order valence-corrected chi connectivity index (χ1v) is 5.32. The summed E-state index contributed by atoms with van der Waals surface area (Å²) in [6, 6.07) is 0.159. The highest BCUT2D eigenvalue weighted by Crippen LogP contribution is 2.19. The molecule has 82 valence electrons. The van der Waals surface area contributed by atoms with Gasteiger partial charge in [0.1, 0.15) is 0 Å². The second-order valence-corrected chi connectivity index (χ2v) is 3.91. The Morgan fingerprint density at radius 2 is 2.43 bits per heavy atom. The van der Waals surface area contributed by atoms with Crippen LogP contribution < -0.4 is 5.73 Å². The molecule has 1 amide bonds. The second-order valence-electron chi connectivity index (χ2n) is 3.91. The molecule has 1 saturated heterocycles. The van der Waals surface area contributed by atoms with Gasteiger partial charge in [-0.3, -0.25) is 0 Å². The molecule has 2 atom stereocenters. The van der Waals surface area contributed by atoms with Gasteiger partial charge in [-0.1, -0.05) is 0 Å². The minimum absolute atomic E-state index is 0.159. The smallest absolute Gasteiger partial charge is 0.409 e. The average Bonchev–Trinajstić information content (AvgIpc) is 2.18. The molecule has 0 aliphatic carbocycles. The molecule has 1 aliphatic rings. The molecule has 1 rings (SSSR count). The lowest BCUT2D eigenvalue weighted by Crippen LogP contribution is -2.45. The highest BCUT2D eigenvalue weighted by Gasteiger charge is 2.26. The number of carbonyl (C=O) groups is 1. The summed E-state index contributed by atoms with van der Waals surface area (Å²) in [6.45, 7) is 5.82. The number of hydrogen-bond acceptors (Lipinski definition) is 3. The van der Waals surface area contributed by atoms with Crippen LogP contribution in [0.3, 0.4) is 0 Å². The van der Waals surface area contributed by atoms with Crippen molar-refractivity contribution in [2.24, 2.45) is 11.7 Å². The van der Waals surface area contributed by atoms with Crippen molar-refractivity contribution in [2.45, 2.75) is 32.7 Å². The van der Waals surface area contributed by atoms with Crippen LogP contribution in [0, 0.1) is 5.92 Å². The summed E-state index contributed by atoms with van der Waals surface area (Å²) in [4.78, 5) is 13.2. The Morgan fingerprint density at radius 3 is 3.00 bits per heavy atom. The zero-order chi connectivity index (χ0) is 10.6. The third kappa shape index (κ3) is 2.87. The fourth-order valence-corrected chi connectivity index (χ4v) is 1.82. The SMILES string of the molecule is CCOC(=O)N1CCC[C@H]([C@H](C)N)C1. The number of nitrogens with zero attached hydrogens (tertiary/aromatic N) is 1. The van der Waals surface area contributed by atoms with Gasteiger partial charge in [-0.15, -0.1) is 0 Å². The van der Waals surface area contributed by atoms with Crippen LogP contribution in [0.25, 0.3) is 0 Å². The van der Waals surface area contributed by atoms with Crippen molar-refractivity contribution in [1.29, 1.82) is 0 Å². The fourth-order valence-electron chi connectivity index (χ4n) is 1.82. The Labute approximate surface area is 85.4 Å². The number of rotatable bonds is 2. The second kappa shape index (κ2) is 5.20. The lowest BCUT2D eigenvalue weighted by Gasteiger charge is -2.33. The maximum Gasteiger partial charge on any atom is 0.409 e. The molecule has 14 heavy (non-hydrogen) atoms. The van der Waals surface area contributed by atoms with Crippen molar-refractivity contribution in [3.63, 3.8) is 0 Å². The Hall–Kier alpha value is -0.770. The van der Waals surface area contributed by atoms with Crippen molar-refractivity contribution in [3.05, 3.63) is 0 Å². The van der Waals surface area contributed by atoms with Crippen molar-refractivity contribution in [1.82, 2.24) is 4.90 Å². The predicted octanol–water partition coefficient (Wildman–Crippen LogP) is 1.20. The molecule has 0 aromatic heterocycles. The van der Waals surface area contributed by atoms with Gasteiger partial charge >= 0.3 is 6.09 Å². The summed E-state index contributed by atoms with van der Waals surface area (Å²) >= 11 is 0. The zero-order valence-corrected chi connectivity index (χ0v) is 9.03. The van der Waals surface area contributed by atoms with Gasteiger partial charge in [-0.05, 0) is 32.6 Å². The molecule has 0 aromatic carbocycles. The van der Waals surface area contributed by atoms with Gasteiger partial charge in [-0.25, -0.2) is 4.79 Å². The summed E-state index contributed by atoms with van der Waals surface area (Å²) in [5.74, 6) is 0.424. The molecular weight excluding hydrogens is 180 g/mol. The van der Waals surface area contributed by atoms with E-state index in [0.29, 0.717) is 12.5 Å². The summed E-state index contributed by atoms with van der Waals surface area (Å²) in [5, 5.41) is 0. The van der Waals surface area contributed by atoms with Gasteiger partial charge < -0.3 is 15.4 Å². The molecule has 0 spiro atoms. The first-order valence-electron chi connectivity index (χ1n) is 5.32. The third-order valence-corrected chi connectivity index (χ3v) is 2.73. The first kappa shape index (κ1) is 11.3. The lowest BCUT2D eigenvalue weighted by atomic mass is 9.92. The van der Waals surface area contributed by atoms with E-state index in [0.717, 1.165) is 25.9 Å². The Balaban J connectivity index is 2.43. The van der Waals surface area contributed by atoms with Crippen LogP contribution >= 0.6 is 0 Å². The van der Waals surface area contributed by atoms with E-state index in [1.807, 2.05) is 13.8 Å². The van der Waals surface area contributed by atoms with E-state index >= 15 is 0 Å². The number of piperidine rings is 1. The Morgan fingerprint density at radius 1 is 1.71 bits per heavy atom. The number of nitrogens with two attached hydrogens (primary N) is 1. The lowest BCUT2D eigenvalue weighted by molar-refractivity contribution is 0.0855. The molecular formula is C10H20N2O2. The van der Waals surface area contributed by atoms with Crippen molar-refractivity contribution in [3.8, 4) is 0 Å². The van der Waals surface area contributed by atoms with Crippen LogP contribution in [-0.4, -0.2) is 36.7 Å². The zero-order valence-electron chi connectivity index (χ0n) is 9.03. The van der Waals surface area contributed by atoms with Crippen molar-refractivity contribution >= 4 is 6.09 Å². The maximum absolute atomic E-state index is 11.4. The van der Waals surface area contributed by atoms with Gasteiger partial charge in [0.2, 0.25) is 0 Å². The van der Waals surface area contributed by atoms with Gasteiger partial charge in [0.25, 0.3) is 0 Å². The molecule has 4 nitrogen and oxygen atoms in total. The highest BCUT2D eigenvalue weighted by atomic mass is 16.6. The molecule has 4 heteroatoms. The molecule has 0 aromatic rings. The molecule has 0 bridgehead atoms. The maximum atomic E-state index is 11.4. The standard InChI is InChI=1S/C10H20N2O2/c1-3-14-10(13)12-6-4-5-9(7-12)8(2)11/h8-9H,3-7,11H2,1-2H3/t8-,9-/m0/s1. The normalized spacial score (nSPS) is 24.5. The Kier molecular flexibility index (Phi) is 4.20. The van der Waals surface area contributed by atoms with Gasteiger partial charge in [0, 0.05) is 19.1 Å². The van der Waals surface area contributed by atoms with E-state index in [2.05, 4.69) is 0 Å². The van der Waals surface area contributed by atoms with E-state index in [1.165, 1.54) is 0 Å². The minimum atomic E-state index is -0.196. The summed E-state index contributed by atoms with van der Waals surface area (Å²) in [5.41, 5.74) is 5.82. The van der Waals surface area contributed by atoms with Gasteiger partial charge in [0.15, 0.2) is 0 Å². The van der Waals surface area contributed by atoms with Crippen LogP contribution in [0.2, 0.25) is 0 Å². The summed E-state index contributed by atoms with van der Waals surface area (Å²) in [6.07, 6.45) is 1.95. The van der Waals surface area contributed by atoms with Gasteiger partial charge in [0.05, 0.1) is 6.61 Å². The molecule has 1 fully saturated rings. The molecule has 0 radical (unpaired) electrons. The summed E-state index contributed by atoms with van der Waals surface area (Å²) < 4.78 is 4.96. The largest absolute Gasteiger partial charge is 0.450 e. The molecule has 0 saturated carbocycles. The number of likely N-dealkylation sites (tertiary alicyclic amines) is 1. The van der Waals surface area contributed by atoms with E-state index < -0.39 is 0 Å². The first-order chi connectivity index (χ1) is 6.65. The summed E-state index contributed by atoms with van der Waals surface area (Å²) in [7, 11) is 0. The van der Waals surface area contributed by atoms with Gasteiger partial charge in [-0.2, -0.15) is 0 Å². The van der Waals surface area contributed by atoms with Crippen molar-refractivity contribution in [2.75, 3.05) is 19.7 Å². The molecule has 1 heterocycles. The van der Waals surface area contributed by atoms with Crippen LogP contribution in [0.5, 0.6) is 0 Å². The topological polar surface area (TPSA) is 55.6 Å². The van der Waals surface area contributed by atoms with Crippen LogP contribution in [-0.2, 0) is 4.74 Å². The number of ether oxygens (including phenoxy) is 1. The minimum Gasteiger partial charge on any atom is -0.450 e. The number of carbonyl (C=O) groups excluding carboxylic acids is 1. The quantitative estimate of drug-likeness (QED) is 0.728.